The van der Waals surface area contributed by atoms with E-state index < -0.39 is 0 Å². The number of hydrogen-bond acceptors (Lipinski definition) is 4. The fourth-order valence-electron chi connectivity index (χ4n) is 2.62. The molecule has 4 nitrogen and oxygen atoms in total. The van der Waals surface area contributed by atoms with Gasteiger partial charge in [-0.3, -0.25) is 9.59 Å². The minimum absolute atomic E-state index is 0.0715. The second kappa shape index (κ2) is 6.14. The minimum Gasteiger partial charge on any atom is -0.466 e. The molecule has 100 valence electrons. The fourth-order valence-corrected chi connectivity index (χ4v) is 2.62. The predicted molar refractivity (Wildman–Crippen MR) is 66.0 cm³/mol. The Kier molecular flexibility index (Phi) is 4.53. The van der Waals surface area contributed by atoms with Crippen LogP contribution in [0.15, 0.2) is 11.6 Å². The molecule has 1 aliphatic heterocycles. The molecule has 0 N–H and O–H groups in total. The van der Waals surface area contributed by atoms with Crippen LogP contribution in [0.1, 0.15) is 39.0 Å². The molecule has 0 saturated carbocycles. The van der Waals surface area contributed by atoms with Gasteiger partial charge in [-0.25, -0.2) is 0 Å². The third-order valence-electron chi connectivity index (χ3n) is 3.53. The number of carbonyl (C=O) groups excluding carboxylic acids is 2. The van der Waals surface area contributed by atoms with Crippen LogP contribution in [0.2, 0.25) is 0 Å². The van der Waals surface area contributed by atoms with Gasteiger partial charge in [-0.1, -0.05) is 6.08 Å². The van der Waals surface area contributed by atoms with Gasteiger partial charge < -0.3 is 9.47 Å². The van der Waals surface area contributed by atoms with Crippen molar-refractivity contribution in [3.8, 4) is 0 Å². The highest BCUT2D eigenvalue weighted by molar-refractivity contribution is 6.01. The molecule has 0 radical (unpaired) electrons. The summed E-state index contributed by atoms with van der Waals surface area (Å²) in [4.78, 5) is 23.2. The largest absolute Gasteiger partial charge is 0.466 e. The highest BCUT2D eigenvalue weighted by Gasteiger charge is 2.32. The van der Waals surface area contributed by atoms with Crippen molar-refractivity contribution in [3.63, 3.8) is 0 Å². The number of hydrogen-bond donors (Lipinski definition) is 0. The molecule has 2 atom stereocenters. The molecule has 0 aromatic rings. The molecule has 2 unspecified atom stereocenters. The Morgan fingerprint density at radius 1 is 1.50 bits per heavy atom. The summed E-state index contributed by atoms with van der Waals surface area (Å²) in [5.41, 5.74) is 0.604. The predicted octanol–water partition coefficient (Wildman–Crippen LogP) is 2.02. The zero-order valence-electron chi connectivity index (χ0n) is 10.8. The van der Waals surface area contributed by atoms with Crippen LogP contribution in [0, 0.1) is 5.92 Å². The second-order valence-electron chi connectivity index (χ2n) is 4.87. The molecule has 4 heteroatoms. The maximum atomic E-state index is 11.8. The smallest absolute Gasteiger partial charge is 0.310 e. The van der Waals surface area contributed by atoms with Gasteiger partial charge in [-0.2, -0.15) is 0 Å². The zero-order chi connectivity index (χ0) is 13.0. The lowest BCUT2D eigenvalue weighted by Crippen LogP contribution is -2.26. The van der Waals surface area contributed by atoms with Crippen LogP contribution in [-0.2, 0) is 19.1 Å². The topological polar surface area (TPSA) is 52.6 Å². The van der Waals surface area contributed by atoms with Gasteiger partial charge in [0.1, 0.15) is 0 Å². The highest BCUT2D eigenvalue weighted by Crippen LogP contribution is 2.31. The van der Waals surface area contributed by atoms with E-state index >= 15 is 0 Å². The molecular formula is C14H20O4. The van der Waals surface area contributed by atoms with Gasteiger partial charge in [-0.05, 0) is 26.2 Å². The zero-order valence-corrected chi connectivity index (χ0v) is 10.8. The summed E-state index contributed by atoms with van der Waals surface area (Å²) in [6.07, 6.45) is 5.96. The van der Waals surface area contributed by atoms with Crippen molar-refractivity contribution in [2.45, 2.75) is 45.1 Å². The van der Waals surface area contributed by atoms with Crippen molar-refractivity contribution in [2.24, 2.45) is 5.92 Å². The van der Waals surface area contributed by atoms with E-state index in [-0.39, 0.29) is 30.2 Å². The molecule has 2 aliphatic rings. The number of ether oxygens (including phenoxy) is 2. The van der Waals surface area contributed by atoms with Crippen LogP contribution in [0.3, 0.4) is 0 Å². The van der Waals surface area contributed by atoms with Gasteiger partial charge in [0.15, 0.2) is 5.78 Å². The summed E-state index contributed by atoms with van der Waals surface area (Å²) in [6, 6.07) is 0. The molecule has 1 saturated heterocycles. The average molecular weight is 252 g/mol. The summed E-state index contributed by atoms with van der Waals surface area (Å²) in [5, 5.41) is 0. The van der Waals surface area contributed by atoms with Crippen LogP contribution < -0.4 is 0 Å². The Bertz CT molecular complexity index is 353. The summed E-state index contributed by atoms with van der Waals surface area (Å²) >= 11 is 0. The minimum atomic E-state index is -0.317. The van der Waals surface area contributed by atoms with Crippen LogP contribution >= 0.6 is 0 Å². The number of carbonyl (C=O) groups is 2. The molecule has 1 aliphatic carbocycles. The first-order valence-electron chi connectivity index (χ1n) is 6.72. The molecule has 0 aromatic heterocycles. The third-order valence-corrected chi connectivity index (χ3v) is 3.53. The lowest BCUT2D eigenvalue weighted by atomic mass is 9.95. The van der Waals surface area contributed by atoms with E-state index in [2.05, 4.69) is 0 Å². The Morgan fingerprint density at radius 3 is 3.00 bits per heavy atom. The van der Waals surface area contributed by atoms with Crippen molar-refractivity contribution >= 4 is 11.8 Å². The van der Waals surface area contributed by atoms with Gasteiger partial charge >= 0.3 is 5.97 Å². The van der Waals surface area contributed by atoms with Crippen molar-refractivity contribution in [3.05, 3.63) is 11.6 Å². The van der Waals surface area contributed by atoms with Crippen LogP contribution in [0.25, 0.3) is 0 Å². The lowest BCUT2D eigenvalue weighted by Gasteiger charge is -2.26. The summed E-state index contributed by atoms with van der Waals surface area (Å²) < 4.78 is 10.6. The summed E-state index contributed by atoms with van der Waals surface area (Å²) in [6.45, 7) is 2.91. The lowest BCUT2D eigenvalue weighted by molar-refractivity contribution is -0.142. The normalized spacial score (nSPS) is 28.1. The van der Waals surface area contributed by atoms with Crippen molar-refractivity contribution in [1.29, 1.82) is 0 Å². The van der Waals surface area contributed by atoms with Gasteiger partial charge in [0.2, 0.25) is 0 Å². The van der Waals surface area contributed by atoms with E-state index in [1.807, 2.05) is 6.08 Å². The van der Waals surface area contributed by atoms with Crippen molar-refractivity contribution in [1.82, 2.24) is 0 Å². The number of Topliss-reactive ketones (excluding diaryl/α,β-unsaturated/α-hetero) is 1. The highest BCUT2D eigenvalue weighted by atomic mass is 16.5. The molecule has 18 heavy (non-hydrogen) atoms. The molecule has 1 heterocycles. The van der Waals surface area contributed by atoms with Gasteiger partial charge in [0.25, 0.3) is 0 Å². The molecular weight excluding hydrogens is 232 g/mol. The first-order valence-corrected chi connectivity index (χ1v) is 6.72. The molecule has 0 spiro atoms. The summed E-state index contributed by atoms with van der Waals surface area (Å²) in [5.74, 6) is -0.0910. The monoisotopic (exact) mass is 252 g/mol. The average Bonchev–Trinajstić information content (AvgIpc) is 2.72. The second-order valence-corrected chi connectivity index (χ2v) is 4.87. The quantitative estimate of drug-likeness (QED) is 0.718. The van der Waals surface area contributed by atoms with Crippen LogP contribution in [-0.4, -0.2) is 31.1 Å². The van der Waals surface area contributed by atoms with E-state index in [4.69, 9.17) is 9.47 Å². The van der Waals surface area contributed by atoms with Gasteiger partial charge in [0.05, 0.1) is 19.1 Å². The van der Waals surface area contributed by atoms with Gasteiger partial charge in [-0.15, -0.1) is 0 Å². The number of rotatable bonds is 4. The van der Waals surface area contributed by atoms with Crippen LogP contribution in [0.4, 0.5) is 0 Å². The Balaban J connectivity index is 1.93. The van der Waals surface area contributed by atoms with E-state index in [1.54, 1.807) is 6.92 Å². The standard InChI is InChI=1S/C14H20O4/c1-2-17-14(16)9-10-7-11(8-12(10)15)13-5-3-4-6-18-13/h7,11,13H,2-6,8-9H2,1H3. The van der Waals surface area contributed by atoms with E-state index in [0.29, 0.717) is 18.6 Å². The van der Waals surface area contributed by atoms with E-state index in [0.717, 1.165) is 25.9 Å². The first kappa shape index (κ1) is 13.3. The van der Waals surface area contributed by atoms with E-state index in [9.17, 15) is 9.59 Å². The Labute approximate surface area is 107 Å². The Morgan fingerprint density at radius 2 is 2.33 bits per heavy atom. The molecule has 1 fully saturated rings. The van der Waals surface area contributed by atoms with Crippen molar-refractivity contribution < 1.29 is 19.1 Å². The Hall–Kier alpha value is -1.16. The first-order chi connectivity index (χ1) is 8.70. The molecule has 2 rings (SSSR count). The number of ketones is 1. The van der Waals surface area contributed by atoms with Gasteiger partial charge in [0, 0.05) is 24.5 Å². The summed E-state index contributed by atoms with van der Waals surface area (Å²) in [7, 11) is 0. The molecule has 0 bridgehead atoms. The molecule has 0 aromatic carbocycles. The fraction of sp³-hybridized carbons (Fsp3) is 0.714. The maximum Gasteiger partial charge on any atom is 0.310 e. The van der Waals surface area contributed by atoms with E-state index in [1.165, 1.54) is 0 Å². The third kappa shape index (κ3) is 3.19. The molecule has 0 amide bonds. The maximum absolute atomic E-state index is 11.8. The van der Waals surface area contributed by atoms with Crippen LogP contribution in [0.5, 0.6) is 0 Å². The number of esters is 1. The SMILES string of the molecule is CCOC(=O)CC1=CC(C2CCCCO2)CC1=O. The van der Waals surface area contributed by atoms with Crippen molar-refractivity contribution in [2.75, 3.05) is 13.2 Å².